The highest BCUT2D eigenvalue weighted by Crippen LogP contribution is 2.25. The molecule has 0 N–H and O–H groups in total. The summed E-state index contributed by atoms with van der Waals surface area (Å²) in [6.07, 6.45) is 0. The molecule has 98 valence electrons. The number of fused-ring (bicyclic) bond motifs is 1. The van der Waals surface area contributed by atoms with Gasteiger partial charge in [0, 0.05) is 10.9 Å². The van der Waals surface area contributed by atoms with Crippen LogP contribution in [0.4, 0.5) is 0 Å². The van der Waals surface area contributed by atoms with Crippen LogP contribution in [-0.4, -0.2) is 33.0 Å². The number of ether oxygens (including phenoxy) is 1. The highest BCUT2D eigenvalue weighted by Gasteiger charge is 2.27. The fourth-order valence-electron chi connectivity index (χ4n) is 2.09. The minimum atomic E-state index is -0.0958. The molecular formula is C13H13N3O2S. The minimum Gasteiger partial charge on any atom is -0.491 e. The third kappa shape index (κ3) is 2.31. The van der Waals surface area contributed by atoms with Crippen LogP contribution in [0.15, 0.2) is 29.6 Å². The quantitative estimate of drug-likeness (QED) is 0.798. The first-order chi connectivity index (χ1) is 9.25. The van der Waals surface area contributed by atoms with Crippen LogP contribution in [0.3, 0.4) is 0 Å². The standard InChI is InChI=1S/C13H13N3O2S/c1-9-7-18-12-5-3-2-4-10(12)6-16(9)13(17)11-8-19-15-14-11/h2-5,8-9H,6-7H2,1H3. The van der Waals surface area contributed by atoms with Gasteiger partial charge < -0.3 is 9.64 Å². The molecule has 5 nitrogen and oxygen atoms in total. The monoisotopic (exact) mass is 275 g/mol. The molecule has 1 atom stereocenters. The number of hydrogen-bond acceptors (Lipinski definition) is 5. The summed E-state index contributed by atoms with van der Waals surface area (Å²) in [5, 5.41) is 5.52. The number of hydrogen-bond donors (Lipinski definition) is 0. The van der Waals surface area contributed by atoms with Gasteiger partial charge in [0.1, 0.15) is 12.4 Å². The van der Waals surface area contributed by atoms with Crippen molar-refractivity contribution >= 4 is 17.4 Å². The maximum atomic E-state index is 12.4. The second-order valence-corrected chi connectivity index (χ2v) is 5.10. The molecule has 0 spiro atoms. The Morgan fingerprint density at radius 1 is 1.47 bits per heavy atom. The van der Waals surface area contributed by atoms with Gasteiger partial charge in [0.05, 0.1) is 12.6 Å². The molecule has 2 aromatic rings. The lowest BCUT2D eigenvalue weighted by Gasteiger charge is -2.25. The van der Waals surface area contributed by atoms with Crippen molar-refractivity contribution in [1.29, 1.82) is 0 Å². The van der Waals surface area contributed by atoms with Crippen molar-refractivity contribution in [2.45, 2.75) is 19.5 Å². The second-order valence-electron chi connectivity index (χ2n) is 4.49. The molecule has 1 aliphatic heterocycles. The molecule has 1 unspecified atom stereocenters. The maximum absolute atomic E-state index is 12.4. The number of aromatic nitrogens is 2. The summed E-state index contributed by atoms with van der Waals surface area (Å²) in [6.45, 7) is 3.00. The Bertz CT molecular complexity index is 585. The van der Waals surface area contributed by atoms with Gasteiger partial charge in [-0.05, 0) is 24.5 Å². The molecule has 1 aliphatic rings. The Labute approximate surface area is 115 Å². The van der Waals surface area contributed by atoms with Gasteiger partial charge in [-0.3, -0.25) is 4.79 Å². The first kappa shape index (κ1) is 12.1. The second kappa shape index (κ2) is 4.97. The number of rotatable bonds is 1. The highest BCUT2D eigenvalue weighted by molar-refractivity contribution is 7.03. The molecule has 0 aliphatic carbocycles. The zero-order valence-electron chi connectivity index (χ0n) is 10.4. The van der Waals surface area contributed by atoms with E-state index in [2.05, 4.69) is 9.59 Å². The van der Waals surface area contributed by atoms with Gasteiger partial charge in [-0.1, -0.05) is 22.7 Å². The van der Waals surface area contributed by atoms with Crippen LogP contribution < -0.4 is 4.74 Å². The van der Waals surface area contributed by atoms with Gasteiger partial charge in [0.25, 0.3) is 5.91 Å². The summed E-state index contributed by atoms with van der Waals surface area (Å²) >= 11 is 1.18. The highest BCUT2D eigenvalue weighted by atomic mass is 32.1. The van der Waals surface area contributed by atoms with E-state index in [4.69, 9.17) is 4.74 Å². The van der Waals surface area contributed by atoms with Crippen LogP contribution in [0.5, 0.6) is 5.75 Å². The van der Waals surface area contributed by atoms with Crippen molar-refractivity contribution in [3.05, 3.63) is 40.9 Å². The Morgan fingerprint density at radius 2 is 2.32 bits per heavy atom. The largest absolute Gasteiger partial charge is 0.491 e. The fraction of sp³-hybridized carbons (Fsp3) is 0.308. The number of amides is 1. The lowest BCUT2D eigenvalue weighted by molar-refractivity contribution is 0.0639. The Kier molecular flexibility index (Phi) is 3.16. The van der Waals surface area contributed by atoms with Crippen LogP contribution in [0.1, 0.15) is 23.0 Å². The van der Waals surface area contributed by atoms with Crippen LogP contribution in [0.25, 0.3) is 0 Å². The fourth-order valence-corrected chi connectivity index (χ4v) is 2.52. The van der Waals surface area contributed by atoms with E-state index in [1.807, 2.05) is 31.2 Å². The van der Waals surface area contributed by atoms with Crippen molar-refractivity contribution in [3.63, 3.8) is 0 Å². The average Bonchev–Trinajstić information content (AvgIpc) is 2.91. The van der Waals surface area contributed by atoms with E-state index in [9.17, 15) is 4.79 Å². The van der Waals surface area contributed by atoms with Gasteiger partial charge in [-0.25, -0.2) is 0 Å². The Morgan fingerprint density at radius 3 is 3.11 bits per heavy atom. The first-order valence-electron chi connectivity index (χ1n) is 6.04. The topological polar surface area (TPSA) is 55.3 Å². The smallest absolute Gasteiger partial charge is 0.275 e. The lowest BCUT2D eigenvalue weighted by Crippen LogP contribution is -2.40. The van der Waals surface area contributed by atoms with Gasteiger partial charge in [-0.15, -0.1) is 5.10 Å². The number of para-hydroxylation sites is 1. The van der Waals surface area contributed by atoms with Crippen molar-refractivity contribution in [2.75, 3.05) is 6.61 Å². The molecule has 0 saturated carbocycles. The van der Waals surface area contributed by atoms with E-state index in [1.165, 1.54) is 11.5 Å². The number of carbonyl (C=O) groups is 1. The zero-order valence-corrected chi connectivity index (χ0v) is 11.3. The molecule has 1 amide bonds. The molecule has 6 heteroatoms. The molecule has 0 saturated heterocycles. The zero-order chi connectivity index (χ0) is 13.2. The molecule has 1 aromatic heterocycles. The normalized spacial score (nSPS) is 18.4. The summed E-state index contributed by atoms with van der Waals surface area (Å²) in [7, 11) is 0. The molecule has 2 heterocycles. The predicted molar refractivity (Wildman–Crippen MR) is 71.2 cm³/mol. The minimum absolute atomic E-state index is 0.00148. The average molecular weight is 275 g/mol. The van der Waals surface area contributed by atoms with E-state index in [0.29, 0.717) is 18.8 Å². The van der Waals surface area contributed by atoms with E-state index in [0.717, 1.165) is 11.3 Å². The Balaban J connectivity index is 1.91. The van der Waals surface area contributed by atoms with Crippen molar-refractivity contribution < 1.29 is 9.53 Å². The van der Waals surface area contributed by atoms with Crippen LogP contribution in [0.2, 0.25) is 0 Å². The number of nitrogens with zero attached hydrogens (tertiary/aromatic N) is 3. The SMILES string of the molecule is CC1COc2ccccc2CN1C(=O)c1csnn1. The predicted octanol–water partition coefficient (Wildman–Crippen LogP) is 1.96. The molecular weight excluding hydrogens is 262 g/mol. The molecule has 1 aromatic carbocycles. The summed E-state index contributed by atoms with van der Waals surface area (Å²) in [6, 6.07) is 7.80. The van der Waals surface area contributed by atoms with Crippen molar-refractivity contribution in [2.24, 2.45) is 0 Å². The van der Waals surface area contributed by atoms with Crippen molar-refractivity contribution in [1.82, 2.24) is 14.5 Å². The third-order valence-corrected chi connectivity index (χ3v) is 3.67. The maximum Gasteiger partial charge on any atom is 0.275 e. The summed E-state index contributed by atoms with van der Waals surface area (Å²) < 4.78 is 9.47. The number of carbonyl (C=O) groups excluding carboxylic acids is 1. The summed E-state index contributed by atoms with van der Waals surface area (Å²) in [5.74, 6) is 0.752. The van der Waals surface area contributed by atoms with Crippen LogP contribution in [-0.2, 0) is 6.54 Å². The van der Waals surface area contributed by atoms with E-state index in [-0.39, 0.29) is 11.9 Å². The van der Waals surface area contributed by atoms with Gasteiger partial charge in [0.2, 0.25) is 0 Å². The summed E-state index contributed by atoms with van der Waals surface area (Å²) in [5.41, 5.74) is 1.42. The van der Waals surface area contributed by atoms with Gasteiger partial charge in [0.15, 0.2) is 5.69 Å². The molecule has 0 fully saturated rings. The third-order valence-electron chi connectivity index (χ3n) is 3.17. The van der Waals surface area contributed by atoms with Crippen molar-refractivity contribution in [3.8, 4) is 5.75 Å². The van der Waals surface area contributed by atoms with Gasteiger partial charge >= 0.3 is 0 Å². The number of benzene rings is 1. The first-order valence-corrected chi connectivity index (χ1v) is 6.88. The molecule has 3 rings (SSSR count). The van der Waals surface area contributed by atoms with Crippen LogP contribution >= 0.6 is 11.5 Å². The molecule has 0 bridgehead atoms. The van der Waals surface area contributed by atoms with E-state index >= 15 is 0 Å². The van der Waals surface area contributed by atoms with E-state index < -0.39 is 0 Å². The lowest BCUT2D eigenvalue weighted by atomic mass is 10.1. The van der Waals surface area contributed by atoms with E-state index in [1.54, 1.807) is 10.3 Å². The van der Waals surface area contributed by atoms with Crippen LogP contribution in [0, 0.1) is 0 Å². The Hall–Kier alpha value is -1.95. The molecule has 19 heavy (non-hydrogen) atoms. The molecule has 0 radical (unpaired) electrons. The van der Waals surface area contributed by atoms with Gasteiger partial charge in [-0.2, -0.15) is 0 Å². The summed E-state index contributed by atoms with van der Waals surface area (Å²) in [4.78, 5) is 14.2.